The lowest BCUT2D eigenvalue weighted by molar-refractivity contribution is 0.129. The summed E-state index contributed by atoms with van der Waals surface area (Å²) in [5.41, 5.74) is 5.63. The van der Waals surface area contributed by atoms with Crippen LogP contribution in [0.25, 0.3) is 0 Å². The molecule has 17 heavy (non-hydrogen) atoms. The average Bonchev–Trinajstić information content (AvgIpc) is 2.25. The van der Waals surface area contributed by atoms with Crippen molar-refractivity contribution in [3.8, 4) is 0 Å². The van der Waals surface area contributed by atoms with Gasteiger partial charge in [0.1, 0.15) is 0 Å². The second kappa shape index (κ2) is 7.32. The van der Waals surface area contributed by atoms with Crippen LogP contribution < -0.4 is 5.73 Å². The molecule has 0 aromatic carbocycles. The Hall–Kier alpha value is -0.150. The van der Waals surface area contributed by atoms with Crippen molar-refractivity contribution in [1.82, 2.24) is 4.90 Å². The van der Waals surface area contributed by atoms with Gasteiger partial charge in [0.25, 0.3) is 0 Å². The molecule has 0 radical (unpaired) electrons. The first kappa shape index (κ1) is 14.9. The Morgan fingerprint density at radius 2 is 1.88 bits per heavy atom. The number of nitrogens with two attached hydrogens (primary N) is 1. The highest BCUT2D eigenvalue weighted by molar-refractivity contribution is 7.80. The minimum absolute atomic E-state index is 0.655. The topological polar surface area (TPSA) is 29.3 Å². The van der Waals surface area contributed by atoms with Crippen molar-refractivity contribution in [2.45, 2.75) is 58.9 Å². The summed E-state index contributed by atoms with van der Waals surface area (Å²) in [7, 11) is 0. The highest BCUT2D eigenvalue weighted by Gasteiger charge is 2.24. The van der Waals surface area contributed by atoms with Gasteiger partial charge in [-0.15, -0.1) is 0 Å². The van der Waals surface area contributed by atoms with Crippen molar-refractivity contribution in [3.63, 3.8) is 0 Å². The van der Waals surface area contributed by atoms with Crippen LogP contribution in [-0.2, 0) is 0 Å². The summed E-state index contributed by atoms with van der Waals surface area (Å²) in [6.07, 6.45) is 6.34. The molecule has 0 saturated heterocycles. The van der Waals surface area contributed by atoms with Crippen molar-refractivity contribution in [2.75, 3.05) is 13.1 Å². The van der Waals surface area contributed by atoms with E-state index in [1.165, 1.54) is 32.2 Å². The van der Waals surface area contributed by atoms with Crippen molar-refractivity contribution >= 4 is 17.2 Å². The number of hydrogen-bond acceptors (Lipinski definition) is 2. The van der Waals surface area contributed by atoms with E-state index < -0.39 is 0 Å². The van der Waals surface area contributed by atoms with Crippen LogP contribution in [0.4, 0.5) is 0 Å². The van der Waals surface area contributed by atoms with Crippen molar-refractivity contribution < 1.29 is 0 Å². The van der Waals surface area contributed by atoms with E-state index in [1.807, 2.05) is 0 Å². The SMILES string of the molecule is CC(C)CN(CCC(N)=S)C1CCC(C)CC1. The van der Waals surface area contributed by atoms with Crippen LogP contribution >= 0.6 is 12.2 Å². The van der Waals surface area contributed by atoms with Gasteiger partial charge in [0, 0.05) is 25.6 Å². The number of thiocarbonyl (C=S) groups is 1. The van der Waals surface area contributed by atoms with E-state index in [2.05, 4.69) is 25.7 Å². The Balaban J connectivity index is 2.46. The van der Waals surface area contributed by atoms with Gasteiger partial charge in [0.2, 0.25) is 0 Å². The van der Waals surface area contributed by atoms with Crippen LogP contribution in [0.5, 0.6) is 0 Å². The second-order valence-electron chi connectivity index (χ2n) is 6.02. The van der Waals surface area contributed by atoms with E-state index >= 15 is 0 Å². The summed E-state index contributed by atoms with van der Waals surface area (Å²) < 4.78 is 0. The van der Waals surface area contributed by atoms with Gasteiger partial charge in [-0.05, 0) is 37.5 Å². The van der Waals surface area contributed by atoms with E-state index in [0.717, 1.165) is 30.8 Å². The van der Waals surface area contributed by atoms with Crippen LogP contribution in [0.3, 0.4) is 0 Å². The molecule has 0 amide bonds. The van der Waals surface area contributed by atoms with Gasteiger partial charge in [-0.2, -0.15) is 0 Å². The molecule has 0 aromatic heterocycles. The fourth-order valence-electron chi connectivity index (χ4n) is 2.75. The standard InChI is InChI=1S/C14H28N2S/c1-11(2)10-16(9-8-14(15)17)13-6-4-12(3)5-7-13/h11-13H,4-10H2,1-3H3,(H2,15,17). The number of rotatable bonds is 6. The van der Waals surface area contributed by atoms with Gasteiger partial charge < -0.3 is 5.73 Å². The fraction of sp³-hybridized carbons (Fsp3) is 0.929. The molecule has 1 fully saturated rings. The maximum absolute atomic E-state index is 5.63. The largest absolute Gasteiger partial charge is 0.393 e. The molecular formula is C14H28N2S. The molecule has 0 aromatic rings. The van der Waals surface area contributed by atoms with E-state index in [9.17, 15) is 0 Å². The first-order valence-electron chi connectivity index (χ1n) is 7.01. The third-order valence-corrected chi connectivity index (χ3v) is 3.95. The maximum Gasteiger partial charge on any atom is 0.0740 e. The van der Waals surface area contributed by atoms with Crippen LogP contribution in [0.1, 0.15) is 52.9 Å². The minimum Gasteiger partial charge on any atom is -0.393 e. The summed E-state index contributed by atoms with van der Waals surface area (Å²) >= 11 is 5.00. The summed E-state index contributed by atoms with van der Waals surface area (Å²) in [4.78, 5) is 3.28. The van der Waals surface area contributed by atoms with E-state index in [4.69, 9.17) is 18.0 Å². The molecule has 2 N–H and O–H groups in total. The zero-order valence-corrected chi connectivity index (χ0v) is 12.4. The molecule has 0 atom stereocenters. The van der Waals surface area contributed by atoms with Gasteiger partial charge in [0.05, 0.1) is 4.99 Å². The van der Waals surface area contributed by atoms with Gasteiger partial charge >= 0.3 is 0 Å². The van der Waals surface area contributed by atoms with Crippen LogP contribution in [0.2, 0.25) is 0 Å². The summed E-state index contributed by atoms with van der Waals surface area (Å²) in [5, 5.41) is 0. The van der Waals surface area contributed by atoms with Gasteiger partial charge in [-0.25, -0.2) is 0 Å². The zero-order chi connectivity index (χ0) is 12.8. The number of hydrogen-bond donors (Lipinski definition) is 1. The Bertz CT molecular complexity index is 232. The average molecular weight is 256 g/mol. The number of nitrogens with zero attached hydrogens (tertiary/aromatic N) is 1. The molecule has 1 aliphatic rings. The summed E-state index contributed by atoms with van der Waals surface area (Å²) in [5.74, 6) is 1.64. The lowest BCUT2D eigenvalue weighted by Gasteiger charge is -2.37. The van der Waals surface area contributed by atoms with Crippen molar-refractivity contribution in [2.24, 2.45) is 17.6 Å². The van der Waals surface area contributed by atoms with Gasteiger partial charge in [-0.1, -0.05) is 33.0 Å². The van der Waals surface area contributed by atoms with Crippen LogP contribution in [0, 0.1) is 11.8 Å². The molecule has 100 valence electrons. The third kappa shape index (κ3) is 5.82. The van der Waals surface area contributed by atoms with Gasteiger partial charge in [-0.3, -0.25) is 4.90 Å². The van der Waals surface area contributed by atoms with Crippen molar-refractivity contribution in [1.29, 1.82) is 0 Å². The fourth-order valence-corrected chi connectivity index (χ4v) is 2.84. The molecule has 0 aliphatic heterocycles. The second-order valence-corrected chi connectivity index (χ2v) is 6.54. The smallest absolute Gasteiger partial charge is 0.0740 e. The first-order chi connectivity index (χ1) is 7.99. The monoisotopic (exact) mass is 256 g/mol. The lowest BCUT2D eigenvalue weighted by Crippen LogP contribution is -2.41. The molecule has 1 aliphatic carbocycles. The zero-order valence-electron chi connectivity index (χ0n) is 11.6. The minimum atomic E-state index is 0.655. The van der Waals surface area contributed by atoms with E-state index in [0.29, 0.717) is 4.99 Å². The Morgan fingerprint density at radius 1 is 1.29 bits per heavy atom. The predicted molar refractivity (Wildman–Crippen MR) is 79.2 cm³/mol. The van der Waals surface area contributed by atoms with Crippen molar-refractivity contribution in [3.05, 3.63) is 0 Å². The lowest BCUT2D eigenvalue weighted by atomic mass is 9.86. The van der Waals surface area contributed by atoms with Crippen LogP contribution in [0.15, 0.2) is 0 Å². The molecule has 3 heteroatoms. The summed E-state index contributed by atoms with van der Waals surface area (Å²) in [6.45, 7) is 9.19. The Kier molecular flexibility index (Phi) is 6.42. The third-order valence-electron chi connectivity index (χ3n) is 3.75. The molecule has 0 spiro atoms. The van der Waals surface area contributed by atoms with Gasteiger partial charge in [0.15, 0.2) is 0 Å². The molecule has 0 unspecified atom stereocenters. The Morgan fingerprint density at radius 3 is 2.35 bits per heavy atom. The first-order valence-corrected chi connectivity index (χ1v) is 7.42. The van der Waals surface area contributed by atoms with E-state index in [-0.39, 0.29) is 0 Å². The summed E-state index contributed by atoms with van der Waals surface area (Å²) in [6, 6.07) is 0.767. The molecule has 1 saturated carbocycles. The molecule has 0 heterocycles. The van der Waals surface area contributed by atoms with Crippen LogP contribution in [-0.4, -0.2) is 29.0 Å². The van der Waals surface area contributed by atoms with E-state index in [1.54, 1.807) is 0 Å². The Labute approximate surface area is 112 Å². The normalized spacial score (nSPS) is 25.5. The molecule has 2 nitrogen and oxygen atoms in total. The highest BCUT2D eigenvalue weighted by atomic mass is 32.1. The quantitative estimate of drug-likeness (QED) is 0.740. The predicted octanol–water partition coefficient (Wildman–Crippen LogP) is 3.20. The maximum atomic E-state index is 5.63. The molecular weight excluding hydrogens is 228 g/mol. The molecule has 0 bridgehead atoms. The highest BCUT2D eigenvalue weighted by Crippen LogP contribution is 2.27. The molecule has 1 rings (SSSR count).